The van der Waals surface area contributed by atoms with Gasteiger partial charge in [0.25, 0.3) is 0 Å². The van der Waals surface area contributed by atoms with Gasteiger partial charge in [0, 0.05) is 66.7 Å². The molecule has 2 aliphatic rings. The molecule has 2 aromatic heterocycles. The van der Waals surface area contributed by atoms with Gasteiger partial charge < -0.3 is 18.6 Å². The molecule has 590 valence electrons. The second-order valence-electron chi connectivity index (χ2n) is 33.2. The molecule has 22 aromatic rings. The minimum absolute atomic E-state index is 0.647. The number of hydrogen-bond donors (Lipinski definition) is 0. The first-order valence-electron chi connectivity index (χ1n) is 43.4. The molecule has 20 aromatic carbocycles. The molecule has 0 fully saturated rings. The molecule has 0 amide bonds. The van der Waals surface area contributed by atoms with Gasteiger partial charge in [-0.2, -0.15) is 0 Å². The summed E-state index contributed by atoms with van der Waals surface area (Å²) < 4.78 is 13.2. The first-order valence-corrected chi connectivity index (χ1v) is 43.4. The summed E-state index contributed by atoms with van der Waals surface area (Å²) in [5.74, 6) is 0. The molecule has 126 heavy (non-hydrogen) atoms. The number of rotatable bonds is 17. The van der Waals surface area contributed by atoms with Gasteiger partial charge in [-0.3, -0.25) is 0 Å². The number of benzene rings is 20. The van der Waals surface area contributed by atoms with Crippen LogP contribution in [0.3, 0.4) is 0 Å². The Morgan fingerprint density at radius 1 is 0.159 bits per heavy atom. The lowest BCUT2D eigenvalue weighted by molar-refractivity contribution is 0.669. The van der Waals surface area contributed by atoms with Crippen molar-refractivity contribution in [3.8, 4) is 100 Å². The van der Waals surface area contributed by atoms with Crippen LogP contribution in [-0.2, 0) is 10.8 Å². The summed E-state index contributed by atoms with van der Waals surface area (Å²) in [6.07, 6.45) is 0. The molecular formula is C122H80N2O2. The van der Waals surface area contributed by atoms with Crippen LogP contribution in [-0.4, -0.2) is 0 Å². The number of hydrogen-bond acceptors (Lipinski definition) is 4. The van der Waals surface area contributed by atoms with Crippen molar-refractivity contribution in [3.63, 3.8) is 0 Å². The molecule has 0 bridgehead atoms. The molecule has 0 saturated heterocycles. The fourth-order valence-electron chi connectivity index (χ4n) is 20.7. The molecule has 0 radical (unpaired) electrons. The van der Waals surface area contributed by atoms with Gasteiger partial charge in [0.05, 0.1) is 16.5 Å². The fraction of sp³-hybridized carbons (Fsp3) is 0.0164. The van der Waals surface area contributed by atoms with E-state index in [-0.39, 0.29) is 0 Å². The molecule has 4 heteroatoms. The molecule has 0 saturated carbocycles. The van der Waals surface area contributed by atoms with Crippen molar-refractivity contribution >= 4 is 78.0 Å². The third kappa shape index (κ3) is 12.0. The second kappa shape index (κ2) is 30.3. The van der Waals surface area contributed by atoms with Crippen LogP contribution in [0.4, 0.5) is 34.1 Å². The van der Waals surface area contributed by atoms with Crippen molar-refractivity contribution < 1.29 is 8.83 Å². The lowest BCUT2D eigenvalue weighted by Crippen LogP contribution is -2.28. The smallest absolute Gasteiger partial charge is 0.143 e. The molecule has 4 nitrogen and oxygen atoms in total. The molecular weight excluding hydrogens is 1530 g/mol. The normalized spacial score (nSPS) is 12.7. The van der Waals surface area contributed by atoms with Gasteiger partial charge in [0.15, 0.2) is 0 Å². The molecule has 0 spiro atoms. The largest absolute Gasteiger partial charge is 0.455 e. The van der Waals surface area contributed by atoms with E-state index in [4.69, 9.17) is 8.83 Å². The summed E-state index contributed by atoms with van der Waals surface area (Å²) in [7, 11) is 0. The summed E-state index contributed by atoms with van der Waals surface area (Å²) >= 11 is 0. The van der Waals surface area contributed by atoms with E-state index in [1.165, 1.54) is 77.9 Å². The highest BCUT2D eigenvalue weighted by Gasteiger charge is 2.49. The maximum absolute atomic E-state index is 6.63. The van der Waals surface area contributed by atoms with Crippen molar-refractivity contribution in [2.45, 2.75) is 10.8 Å². The van der Waals surface area contributed by atoms with E-state index in [0.29, 0.717) is 0 Å². The Balaban J connectivity index is 0.570. The lowest BCUT2D eigenvalue weighted by atomic mass is 9.67. The zero-order valence-electron chi connectivity index (χ0n) is 68.9. The Kier molecular flexibility index (Phi) is 17.7. The molecule has 0 aliphatic heterocycles. The Hall–Kier alpha value is -16.4. The number of furan rings is 2. The van der Waals surface area contributed by atoms with E-state index in [9.17, 15) is 0 Å². The number of fused-ring (bicyclic) bond motifs is 12. The first kappa shape index (κ1) is 73.5. The van der Waals surface area contributed by atoms with Crippen molar-refractivity contribution in [1.29, 1.82) is 0 Å². The van der Waals surface area contributed by atoms with Crippen LogP contribution >= 0.6 is 0 Å². The van der Waals surface area contributed by atoms with Gasteiger partial charge in [-0.15, -0.1) is 0 Å². The molecule has 0 N–H and O–H groups in total. The van der Waals surface area contributed by atoms with E-state index in [1.807, 2.05) is 12.1 Å². The Morgan fingerprint density at radius 2 is 0.421 bits per heavy atom. The van der Waals surface area contributed by atoms with E-state index in [1.54, 1.807) is 0 Å². The molecule has 2 heterocycles. The van der Waals surface area contributed by atoms with Crippen LogP contribution in [0.1, 0.15) is 44.5 Å². The van der Waals surface area contributed by atoms with E-state index < -0.39 is 10.8 Å². The topological polar surface area (TPSA) is 32.8 Å². The van der Waals surface area contributed by atoms with Gasteiger partial charge >= 0.3 is 0 Å². The lowest BCUT2D eigenvalue weighted by Gasteiger charge is -2.35. The molecule has 2 aliphatic carbocycles. The zero-order chi connectivity index (χ0) is 83.2. The number of nitrogens with zero attached hydrogens (tertiary/aromatic N) is 2. The van der Waals surface area contributed by atoms with Crippen LogP contribution in [0, 0.1) is 0 Å². The molecule has 0 atom stereocenters. The predicted octanol–water partition coefficient (Wildman–Crippen LogP) is 32.8. The van der Waals surface area contributed by atoms with Crippen molar-refractivity contribution in [1.82, 2.24) is 0 Å². The Morgan fingerprint density at radius 3 is 0.833 bits per heavy atom. The average Bonchev–Trinajstić information content (AvgIpc) is 1.55. The monoisotopic (exact) mass is 1600 g/mol. The van der Waals surface area contributed by atoms with Crippen LogP contribution in [0.2, 0.25) is 0 Å². The van der Waals surface area contributed by atoms with Gasteiger partial charge in [-0.25, -0.2) is 0 Å². The Bertz CT molecular complexity index is 7800. The molecule has 24 rings (SSSR count). The minimum Gasteiger partial charge on any atom is -0.455 e. The zero-order valence-corrected chi connectivity index (χ0v) is 68.9. The predicted molar refractivity (Wildman–Crippen MR) is 523 cm³/mol. The Labute approximate surface area is 732 Å². The molecule has 0 unspecified atom stereocenters. The summed E-state index contributed by atoms with van der Waals surface area (Å²) in [4.78, 5) is 4.88. The summed E-state index contributed by atoms with van der Waals surface area (Å²) in [6, 6.07) is 179. The fourth-order valence-corrected chi connectivity index (χ4v) is 20.7. The van der Waals surface area contributed by atoms with E-state index in [2.05, 4.69) is 483 Å². The van der Waals surface area contributed by atoms with Gasteiger partial charge in [0.1, 0.15) is 22.3 Å². The standard InChI is InChI=1S/C122H80N2O2/c1-7-27-81(28-8-1)90-63-73-104-106-75-71-99(79-114(106)121(112(104)77-90,92-31-11-3-12-32-92)93-33-13-4-14-34-93)123(97-67-59-88(60-68-97)102-42-25-44-110-108-40-20-23-47-117(108)125-119(102)110)96-65-57-85(58-66-96)84-51-49-82(50-52-84)83-53-55-86(56-54-83)91-64-74-105-107-76-72-100(80-115(107)122(113(105)78-91,94-35-15-5-16-36-94)95-37-17-6-18-38-95)124(116-46-22-19-39-101(116)87-29-9-2-10-30-87)98-69-61-89(62-70-98)103-43-26-45-111-109-41-21-24-48-118(109)126-120(103)111/h1-80H. The maximum atomic E-state index is 6.63. The van der Waals surface area contributed by atoms with Crippen molar-refractivity contribution in [3.05, 3.63) is 530 Å². The summed E-state index contributed by atoms with van der Waals surface area (Å²) in [6.45, 7) is 0. The van der Waals surface area contributed by atoms with Gasteiger partial charge in [0.2, 0.25) is 0 Å². The number of para-hydroxylation sites is 5. The van der Waals surface area contributed by atoms with Crippen molar-refractivity contribution in [2.75, 3.05) is 9.80 Å². The van der Waals surface area contributed by atoms with Crippen LogP contribution < -0.4 is 9.80 Å². The van der Waals surface area contributed by atoms with Gasteiger partial charge in [-0.1, -0.05) is 394 Å². The highest BCUT2D eigenvalue weighted by Crippen LogP contribution is 2.61. The minimum atomic E-state index is -0.704. The second-order valence-corrected chi connectivity index (χ2v) is 33.2. The first-order chi connectivity index (χ1) is 62.5. The highest BCUT2D eigenvalue weighted by atomic mass is 16.3. The summed E-state index contributed by atoms with van der Waals surface area (Å²) in [5.41, 5.74) is 39.0. The highest BCUT2D eigenvalue weighted by molar-refractivity contribution is 6.11. The SMILES string of the molecule is c1ccc(-c2ccc3c(c2)C(c2ccccc2)(c2ccccc2)c2cc(N(c4ccc(-c5ccc(-c6ccc(-c7ccc8c(c7)C(c7ccccc7)(c7ccccc7)c7cc(N(c9ccc(-c%10cccc%11c%10oc%10ccccc%10%11)cc9)c9ccccc9-c9ccccc9)ccc7-8)cc6)cc5)cc4)c4ccc(-c5cccc6c5oc5ccccc56)cc4)ccc2-3)cc1. The number of anilines is 6. The average molecular weight is 1610 g/mol. The van der Waals surface area contributed by atoms with E-state index >= 15 is 0 Å². The van der Waals surface area contributed by atoms with Crippen LogP contribution in [0.5, 0.6) is 0 Å². The van der Waals surface area contributed by atoms with Gasteiger partial charge in [-0.05, 0) is 219 Å². The van der Waals surface area contributed by atoms with Crippen molar-refractivity contribution in [2.24, 2.45) is 0 Å². The van der Waals surface area contributed by atoms with E-state index in [0.717, 1.165) is 145 Å². The quantitative estimate of drug-likeness (QED) is 0.0910. The maximum Gasteiger partial charge on any atom is 0.143 e. The summed E-state index contributed by atoms with van der Waals surface area (Å²) in [5, 5.41) is 4.45. The van der Waals surface area contributed by atoms with Crippen LogP contribution in [0.15, 0.2) is 494 Å². The third-order valence-corrected chi connectivity index (χ3v) is 26.5. The third-order valence-electron chi connectivity index (χ3n) is 26.5. The van der Waals surface area contributed by atoms with Crippen LogP contribution in [0.25, 0.3) is 144 Å².